The van der Waals surface area contributed by atoms with Crippen LogP contribution in [0.4, 0.5) is 0 Å². The summed E-state index contributed by atoms with van der Waals surface area (Å²) < 4.78 is 32.1. The number of hydrogen-bond acceptors (Lipinski definition) is 23. The zero-order valence-electron chi connectivity index (χ0n) is 59.7. The van der Waals surface area contributed by atoms with Gasteiger partial charge in [0, 0.05) is 93.4 Å². The molecular weight excluding hydrogens is 1340 g/mol. The fourth-order valence-corrected chi connectivity index (χ4v) is 11.4. The van der Waals surface area contributed by atoms with Crippen LogP contribution in [0.3, 0.4) is 0 Å². The Hall–Kier alpha value is -7.71. The molecule has 1 heterocycles. The normalized spacial score (nSPS) is 13.1. The van der Waals surface area contributed by atoms with Crippen molar-refractivity contribution in [3.05, 3.63) is 23.8 Å². The predicted octanol–water partition coefficient (Wildman–Crippen LogP) is -4.22. The van der Waals surface area contributed by atoms with Gasteiger partial charge in [-0.3, -0.25) is 57.7 Å². The maximum atomic E-state index is 14.7. The third-order valence-electron chi connectivity index (χ3n) is 16.7. The molecule has 11 amide bonds. The number of guanidine groups is 1. The molecule has 0 spiro atoms. The summed E-state index contributed by atoms with van der Waals surface area (Å²) in [5.74, 6) is -5.70. The lowest BCUT2D eigenvalue weighted by atomic mass is 9.94. The molecule has 36 heteroatoms. The quantitative estimate of drug-likeness (QED) is 0.0170. The average molecular weight is 1450 g/mol. The van der Waals surface area contributed by atoms with Crippen molar-refractivity contribution >= 4 is 82.7 Å². The van der Waals surface area contributed by atoms with Crippen LogP contribution in [-0.2, 0) is 78.2 Å². The number of thioether (sulfide) groups is 1. The van der Waals surface area contributed by atoms with Gasteiger partial charge in [-0.05, 0) is 101 Å². The number of fused-ring (bicyclic) bond motifs is 1. The highest BCUT2D eigenvalue weighted by atomic mass is 32.2. The Kier molecular flexibility index (Phi) is 43.8. The second-order valence-electron chi connectivity index (χ2n) is 24.3. The predicted molar refractivity (Wildman–Crippen MR) is 376 cm³/mol. The Bertz CT molecular complexity index is 2770. The number of primary amides is 1. The molecular formula is C65H113N17O18S. The van der Waals surface area contributed by atoms with Crippen LogP contribution in [0.15, 0.2) is 23.2 Å². The van der Waals surface area contributed by atoms with E-state index in [4.69, 9.17) is 57.1 Å². The number of aliphatic hydroxyl groups is 1. The maximum Gasteiger partial charge on any atom is 0.243 e. The summed E-state index contributed by atoms with van der Waals surface area (Å²) in [5.41, 5.74) is 29.2. The first kappa shape index (κ1) is 87.5. The lowest BCUT2D eigenvalue weighted by Gasteiger charge is -2.37. The lowest BCUT2D eigenvalue weighted by Crippen LogP contribution is -2.55. The second-order valence-corrected chi connectivity index (χ2v) is 25.3. The molecule has 572 valence electrons. The first-order chi connectivity index (χ1) is 48.6. The topological polar surface area (TPSA) is 468 Å². The van der Waals surface area contributed by atoms with Crippen LogP contribution >= 0.6 is 11.8 Å². The Morgan fingerprint density at radius 3 is 1.49 bits per heavy atom. The number of unbranched alkanes of at least 4 members (excludes halogenated alkanes) is 2. The summed E-state index contributed by atoms with van der Waals surface area (Å²) in [5, 5.41) is 18.4. The van der Waals surface area contributed by atoms with Crippen molar-refractivity contribution in [1.82, 2.24) is 55.1 Å². The lowest BCUT2D eigenvalue weighted by molar-refractivity contribution is -0.150. The van der Waals surface area contributed by atoms with Crippen molar-refractivity contribution in [2.24, 2.45) is 33.7 Å². The van der Waals surface area contributed by atoms with Crippen LogP contribution in [0.25, 0.3) is 0 Å². The molecule has 0 radical (unpaired) electrons. The van der Waals surface area contributed by atoms with Crippen LogP contribution in [-0.4, -0.2) is 338 Å². The van der Waals surface area contributed by atoms with Gasteiger partial charge in [-0.1, -0.05) is 25.3 Å². The van der Waals surface area contributed by atoms with E-state index >= 15 is 0 Å². The summed E-state index contributed by atoms with van der Waals surface area (Å²) in [6.45, 7) is -4.69. The number of hydrogen-bond donors (Lipinski definition) is 9. The largest absolute Gasteiger partial charge is 0.454 e. The van der Waals surface area contributed by atoms with Crippen molar-refractivity contribution in [3.63, 3.8) is 0 Å². The van der Waals surface area contributed by atoms with E-state index in [-0.39, 0.29) is 136 Å². The molecule has 1 aliphatic heterocycles. The van der Waals surface area contributed by atoms with E-state index in [9.17, 15) is 57.8 Å². The van der Waals surface area contributed by atoms with E-state index in [2.05, 4.69) is 20.9 Å². The summed E-state index contributed by atoms with van der Waals surface area (Å²) in [4.78, 5) is 169. The van der Waals surface area contributed by atoms with E-state index in [0.717, 1.165) is 39.5 Å². The Morgan fingerprint density at radius 1 is 0.554 bits per heavy atom. The summed E-state index contributed by atoms with van der Waals surface area (Å²) in [7, 11) is 5.55. The number of ether oxygens (including phenoxy) is 6. The minimum Gasteiger partial charge on any atom is -0.454 e. The van der Waals surface area contributed by atoms with Crippen molar-refractivity contribution in [2.45, 2.75) is 102 Å². The van der Waals surface area contributed by atoms with E-state index in [1.165, 1.54) is 64.7 Å². The highest BCUT2D eigenvalue weighted by molar-refractivity contribution is 7.98. The van der Waals surface area contributed by atoms with E-state index in [0.29, 0.717) is 62.3 Å². The maximum absolute atomic E-state index is 14.7. The Morgan fingerprint density at radius 2 is 1.02 bits per heavy atom. The van der Waals surface area contributed by atoms with Crippen molar-refractivity contribution in [3.8, 4) is 11.5 Å². The summed E-state index contributed by atoms with van der Waals surface area (Å²) in [6, 6.07) is 2.79. The number of nitrogens with one attached hydrogen (secondary N) is 3. The third kappa shape index (κ3) is 33.8. The van der Waals surface area contributed by atoms with Crippen molar-refractivity contribution < 1.29 is 86.3 Å². The van der Waals surface area contributed by atoms with Crippen LogP contribution < -0.4 is 54.1 Å². The summed E-state index contributed by atoms with van der Waals surface area (Å²) >= 11 is 1.44. The van der Waals surface area contributed by atoms with Crippen molar-refractivity contribution in [1.29, 1.82) is 0 Å². The monoisotopic (exact) mass is 1450 g/mol. The van der Waals surface area contributed by atoms with Crippen LogP contribution in [0, 0.1) is 0 Å². The van der Waals surface area contributed by atoms with Gasteiger partial charge in [0.1, 0.15) is 18.6 Å². The van der Waals surface area contributed by atoms with Gasteiger partial charge in [-0.25, -0.2) is 0 Å². The minimum atomic E-state index is -1.22. The molecule has 35 nitrogen and oxygen atoms in total. The molecule has 2 aliphatic rings. The number of methoxy groups -OCH3 is 4. The molecule has 2 atom stereocenters. The number of nitrogens with zero attached hydrogens (tertiary/aromatic N) is 9. The van der Waals surface area contributed by atoms with Gasteiger partial charge in [0.2, 0.25) is 71.8 Å². The molecule has 101 heavy (non-hydrogen) atoms. The van der Waals surface area contributed by atoms with Gasteiger partial charge in [0.15, 0.2) is 17.5 Å². The van der Waals surface area contributed by atoms with Crippen LogP contribution in [0.2, 0.25) is 0 Å². The first-order valence-corrected chi connectivity index (χ1v) is 35.7. The molecule has 0 bridgehead atoms. The number of benzene rings is 1. The number of aliphatic imine (C=N–C) groups is 1. The third-order valence-corrected chi connectivity index (χ3v) is 17.4. The Labute approximate surface area is 597 Å². The SMILES string of the molecule is COCCN(CC(=O)N[C@@H](CCCN=C(N)N)C(=O)N[C@@H](CCSC)C(N)=O)C(=O)CN(CCOC)C(=O)CN(CCOC)C(=O)CN(CCOC)C(=O)CN(CCCCN)C(=O)CN(CCCCN)C(=O)CN(C(=O)CN(CCO)C(=O)CNCc1ccc2c(c1)OCO2)C1CCCCC1. The van der Waals surface area contributed by atoms with Gasteiger partial charge in [0.05, 0.1) is 85.4 Å². The van der Waals surface area contributed by atoms with E-state index in [1.807, 2.05) is 12.3 Å². The van der Waals surface area contributed by atoms with Crippen LogP contribution in [0.5, 0.6) is 11.5 Å². The highest BCUT2D eigenvalue weighted by Crippen LogP contribution is 2.32. The fourth-order valence-electron chi connectivity index (χ4n) is 10.9. The Balaban J connectivity index is 1.86. The van der Waals surface area contributed by atoms with Crippen molar-refractivity contribution in [2.75, 3.05) is 205 Å². The van der Waals surface area contributed by atoms with E-state index < -0.39 is 136 Å². The molecule has 1 fully saturated rings. The van der Waals surface area contributed by atoms with Gasteiger partial charge < -0.3 is 117 Å². The summed E-state index contributed by atoms with van der Waals surface area (Å²) in [6.07, 6.45) is 7.74. The molecule has 1 saturated carbocycles. The highest BCUT2D eigenvalue weighted by Gasteiger charge is 2.35. The molecule has 1 aromatic carbocycles. The molecule has 0 unspecified atom stereocenters. The van der Waals surface area contributed by atoms with Gasteiger partial charge in [-0.2, -0.15) is 11.8 Å². The molecule has 0 saturated heterocycles. The minimum absolute atomic E-state index is 0.0240. The molecule has 0 aromatic heterocycles. The van der Waals surface area contributed by atoms with E-state index in [1.54, 1.807) is 12.1 Å². The zero-order chi connectivity index (χ0) is 74.5. The molecule has 1 aliphatic carbocycles. The first-order valence-electron chi connectivity index (χ1n) is 34.3. The smallest absolute Gasteiger partial charge is 0.243 e. The number of rotatable bonds is 54. The fraction of sp³-hybridized carbons (Fsp3) is 0.723. The van der Waals surface area contributed by atoms with Gasteiger partial charge >= 0.3 is 0 Å². The average Bonchev–Trinajstić information content (AvgIpc) is 1.83. The van der Waals surface area contributed by atoms with Gasteiger partial charge in [0.25, 0.3) is 0 Å². The zero-order valence-corrected chi connectivity index (χ0v) is 60.6. The number of nitrogens with two attached hydrogens (primary N) is 5. The molecule has 3 rings (SSSR count). The second kappa shape index (κ2) is 50.6. The van der Waals surface area contributed by atoms with Crippen LogP contribution in [0.1, 0.15) is 82.6 Å². The standard InChI is InChI=1S/C65H113N17O18S/c1-95-31-26-78(39-54(84)73-51(16-13-22-72-65(69)70)64(94)74-50(63(68)93)19-35-101-5)57(87)42-79(27-32-96-2)59(89)44-81(29-34-98-4)60(90)43-80(28-33-97-3)58(88)41-75(23-11-9-20-66)56(86)40-76(24-12-10-21-67)61(91)46-82(49-14-7-6-8-15-49)62(92)45-77(25-30-83)55(85)38-71-37-48-17-18-52-53(36-48)100-47-99-52/h17-18,36,49-51,71,83H,6-16,19-35,37-47,66-67H2,1-5H3,(H2,68,93)(H,73,84)(H,74,94)(H4,69,70,72)/t50-,51-/m0/s1. The number of carbonyl (C=O) groups excluding carboxylic acids is 11. The molecule has 1 aromatic rings. The number of amides is 11. The number of carbonyl (C=O) groups is 11. The number of aliphatic hydroxyl groups excluding tert-OH is 1. The molecule has 14 N–H and O–H groups in total. The van der Waals surface area contributed by atoms with Gasteiger partial charge in [-0.15, -0.1) is 0 Å².